The van der Waals surface area contributed by atoms with Crippen LogP contribution >= 0.6 is 31.9 Å². The number of hydrogen-bond acceptors (Lipinski definition) is 3. The Hall–Kier alpha value is -1.66. The van der Waals surface area contributed by atoms with Gasteiger partial charge in [-0.15, -0.1) is 0 Å². The number of rotatable bonds is 2. The molecule has 0 unspecified atom stereocenters. The van der Waals surface area contributed by atoms with Crippen molar-refractivity contribution >= 4 is 37.5 Å². The fraction of sp³-hybridized carbons (Fsp3) is 0. The molecule has 0 spiro atoms. The Labute approximate surface area is 132 Å². The summed E-state index contributed by atoms with van der Waals surface area (Å²) in [7, 11) is 0. The van der Waals surface area contributed by atoms with Crippen LogP contribution in [0.1, 0.15) is 0 Å². The van der Waals surface area contributed by atoms with Gasteiger partial charge in [0.2, 0.25) is 0 Å². The molecule has 3 aromatic rings. The number of anilines is 1. The Morgan fingerprint density at radius 2 is 1.80 bits per heavy atom. The van der Waals surface area contributed by atoms with E-state index < -0.39 is 0 Å². The maximum Gasteiger partial charge on any atom is 0.152 e. The van der Waals surface area contributed by atoms with Crippen molar-refractivity contribution in [2.75, 3.05) is 5.73 Å². The van der Waals surface area contributed by atoms with Crippen molar-refractivity contribution in [2.24, 2.45) is 0 Å². The molecule has 4 nitrogen and oxygen atoms in total. The Bertz CT molecular complexity index is 750. The number of nitrogens with zero attached hydrogens (tertiary/aromatic N) is 3. The number of imidazole rings is 1. The second-order valence-corrected chi connectivity index (χ2v) is 5.97. The van der Waals surface area contributed by atoms with E-state index in [0.29, 0.717) is 0 Å². The summed E-state index contributed by atoms with van der Waals surface area (Å²) in [4.78, 5) is 8.83. The smallest absolute Gasteiger partial charge is 0.152 e. The van der Waals surface area contributed by atoms with Crippen LogP contribution in [0.2, 0.25) is 0 Å². The number of halogens is 2. The van der Waals surface area contributed by atoms with Crippen LogP contribution < -0.4 is 5.73 Å². The molecule has 100 valence electrons. The lowest BCUT2D eigenvalue weighted by atomic mass is 10.2. The number of benzene rings is 1. The van der Waals surface area contributed by atoms with Crippen LogP contribution in [-0.4, -0.2) is 14.5 Å². The molecular formula is C14H10Br2N4. The van der Waals surface area contributed by atoms with Gasteiger partial charge in [-0.05, 0) is 62.2 Å². The SMILES string of the molecule is Nc1ccc(-c2nccn2-c2ncc(Br)cc2Br)cc1. The highest BCUT2D eigenvalue weighted by Crippen LogP contribution is 2.27. The van der Waals surface area contributed by atoms with Gasteiger partial charge in [-0.2, -0.15) is 0 Å². The third kappa shape index (κ3) is 2.48. The van der Waals surface area contributed by atoms with E-state index in [1.54, 1.807) is 12.4 Å². The van der Waals surface area contributed by atoms with E-state index >= 15 is 0 Å². The van der Waals surface area contributed by atoms with Gasteiger partial charge < -0.3 is 5.73 Å². The lowest BCUT2D eigenvalue weighted by Gasteiger charge is -2.09. The van der Waals surface area contributed by atoms with Crippen molar-refractivity contribution in [1.82, 2.24) is 14.5 Å². The minimum absolute atomic E-state index is 0.731. The largest absolute Gasteiger partial charge is 0.399 e. The number of hydrogen-bond donors (Lipinski definition) is 1. The lowest BCUT2D eigenvalue weighted by molar-refractivity contribution is 0.991. The number of pyridine rings is 1. The zero-order valence-electron chi connectivity index (χ0n) is 10.3. The maximum atomic E-state index is 5.72. The van der Waals surface area contributed by atoms with Gasteiger partial charge in [0.15, 0.2) is 5.82 Å². The summed E-state index contributed by atoms with van der Waals surface area (Å²) in [5.74, 6) is 1.61. The molecule has 3 rings (SSSR count). The van der Waals surface area contributed by atoms with Crippen molar-refractivity contribution in [3.63, 3.8) is 0 Å². The molecule has 0 bridgehead atoms. The Morgan fingerprint density at radius 3 is 2.50 bits per heavy atom. The lowest BCUT2D eigenvalue weighted by Crippen LogP contribution is -2.00. The summed E-state index contributed by atoms with van der Waals surface area (Å²) in [6.07, 6.45) is 5.39. The zero-order valence-corrected chi connectivity index (χ0v) is 13.5. The van der Waals surface area contributed by atoms with Gasteiger partial charge in [-0.1, -0.05) is 0 Å². The van der Waals surface area contributed by atoms with E-state index in [2.05, 4.69) is 41.8 Å². The predicted octanol–water partition coefficient (Wildman–Crippen LogP) is 4.04. The van der Waals surface area contributed by atoms with Gasteiger partial charge in [0.1, 0.15) is 5.82 Å². The normalized spacial score (nSPS) is 10.7. The van der Waals surface area contributed by atoms with Crippen LogP contribution in [0.3, 0.4) is 0 Å². The van der Waals surface area contributed by atoms with Crippen LogP contribution in [0.15, 0.2) is 57.9 Å². The fourth-order valence-electron chi connectivity index (χ4n) is 1.90. The van der Waals surface area contributed by atoms with Crippen molar-refractivity contribution in [3.05, 3.63) is 57.9 Å². The van der Waals surface area contributed by atoms with Gasteiger partial charge in [0, 0.05) is 34.3 Å². The van der Waals surface area contributed by atoms with Crippen LogP contribution in [-0.2, 0) is 0 Å². The Morgan fingerprint density at radius 1 is 1.05 bits per heavy atom. The van der Waals surface area contributed by atoms with E-state index in [-0.39, 0.29) is 0 Å². The predicted molar refractivity (Wildman–Crippen MR) is 86.6 cm³/mol. The number of nitrogens with two attached hydrogens (primary N) is 1. The van der Waals surface area contributed by atoms with E-state index in [1.807, 2.05) is 41.1 Å². The number of nitrogen functional groups attached to an aromatic ring is 1. The summed E-state index contributed by atoms with van der Waals surface area (Å²) in [6, 6.07) is 9.56. The highest BCUT2D eigenvalue weighted by atomic mass is 79.9. The molecule has 0 saturated carbocycles. The molecular weight excluding hydrogens is 384 g/mol. The van der Waals surface area contributed by atoms with Gasteiger partial charge in [0.05, 0.1) is 4.47 Å². The molecule has 0 aliphatic carbocycles. The quantitative estimate of drug-likeness (QED) is 0.668. The first-order valence-corrected chi connectivity index (χ1v) is 7.44. The first-order chi connectivity index (χ1) is 9.65. The first-order valence-electron chi connectivity index (χ1n) is 5.86. The van der Waals surface area contributed by atoms with Crippen LogP contribution in [0, 0.1) is 0 Å². The summed E-state index contributed by atoms with van der Waals surface area (Å²) >= 11 is 6.93. The van der Waals surface area contributed by atoms with Crippen molar-refractivity contribution < 1.29 is 0 Å². The maximum absolute atomic E-state index is 5.72. The highest BCUT2D eigenvalue weighted by Gasteiger charge is 2.11. The standard InChI is InChI=1S/C14H10Br2N4/c15-10-7-12(16)14(19-8-10)20-6-5-18-13(20)9-1-3-11(17)4-2-9/h1-8H,17H2. The molecule has 20 heavy (non-hydrogen) atoms. The third-order valence-electron chi connectivity index (χ3n) is 2.83. The van der Waals surface area contributed by atoms with Crippen molar-refractivity contribution in [3.8, 4) is 17.2 Å². The minimum atomic E-state index is 0.731. The first kappa shape index (κ1) is 13.3. The third-order valence-corrected chi connectivity index (χ3v) is 3.84. The molecule has 0 saturated heterocycles. The molecule has 0 aliphatic rings. The molecule has 2 N–H and O–H groups in total. The van der Waals surface area contributed by atoms with Crippen LogP contribution in [0.4, 0.5) is 5.69 Å². The van der Waals surface area contributed by atoms with Gasteiger partial charge in [-0.3, -0.25) is 4.57 Å². The molecule has 1 aromatic carbocycles. The van der Waals surface area contributed by atoms with Crippen molar-refractivity contribution in [1.29, 1.82) is 0 Å². The van der Waals surface area contributed by atoms with Crippen molar-refractivity contribution in [2.45, 2.75) is 0 Å². The average Bonchev–Trinajstić information content (AvgIpc) is 2.88. The summed E-state index contributed by atoms with van der Waals surface area (Å²) in [5, 5.41) is 0. The molecule has 0 fully saturated rings. The van der Waals surface area contributed by atoms with Gasteiger partial charge in [0.25, 0.3) is 0 Å². The minimum Gasteiger partial charge on any atom is -0.399 e. The van der Waals surface area contributed by atoms with Gasteiger partial charge >= 0.3 is 0 Å². The Balaban J connectivity index is 2.12. The van der Waals surface area contributed by atoms with E-state index in [0.717, 1.165) is 31.8 Å². The highest BCUT2D eigenvalue weighted by molar-refractivity contribution is 9.11. The molecule has 2 heterocycles. The fourth-order valence-corrected chi connectivity index (χ4v) is 3.08. The van der Waals surface area contributed by atoms with Crippen LogP contribution in [0.5, 0.6) is 0 Å². The average molecular weight is 394 g/mol. The zero-order chi connectivity index (χ0) is 14.1. The van der Waals surface area contributed by atoms with E-state index in [1.165, 1.54) is 0 Å². The second kappa shape index (κ2) is 5.38. The van der Waals surface area contributed by atoms with Crippen LogP contribution in [0.25, 0.3) is 17.2 Å². The second-order valence-electron chi connectivity index (χ2n) is 4.20. The Kier molecular flexibility index (Phi) is 3.58. The monoisotopic (exact) mass is 392 g/mol. The summed E-state index contributed by atoms with van der Waals surface area (Å²) in [6.45, 7) is 0. The molecule has 0 atom stereocenters. The molecule has 0 amide bonds. The molecule has 0 aliphatic heterocycles. The molecule has 0 radical (unpaired) electrons. The topological polar surface area (TPSA) is 56.7 Å². The summed E-state index contributed by atoms with van der Waals surface area (Å²) in [5.41, 5.74) is 7.44. The molecule has 6 heteroatoms. The molecule has 2 aromatic heterocycles. The van der Waals surface area contributed by atoms with E-state index in [4.69, 9.17) is 5.73 Å². The number of aromatic nitrogens is 3. The van der Waals surface area contributed by atoms with E-state index in [9.17, 15) is 0 Å². The summed E-state index contributed by atoms with van der Waals surface area (Å²) < 4.78 is 3.74. The van der Waals surface area contributed by atoms with Gasteiger partial charge in [-0.25, -0.2) is 9.97 Å².